The van der Waals surface area contributed by atoms with Gasteiger partial charge in [-0.15, -0.1) is 0 Å². The van der Waals surface area contributed by atoms with Crippen molar-refractivity contribution in [2.24, 2.45) is 0 Å². The van der Waals surface area contributed by atoms with Gasteiger partial charge < -0.3 is 14.5 Å². The lowest BCUT2D eigenvalue weighted by Crippen LogP contribution is -2.51. The average Bonchev–Trinajstić information content (AvgIpc) is 3.53. The summed E-state index contributed by atoms with van der Waals surface area (Å²) < 4.78 is 33.1. The highest BCUT2D eigenvalue weighted by molar-refractivity contribution is 5.84. The van der Waals surface area contributed by atoms with Gasteiger partial charge in [0.1, 0.15) is 11.8 Å². The number of benzene rings is 1. The molecule has 1 aromatic carbocycles. The molecule has 11 nitrogen and oxygen atoms in total. The molecular weight excluding hydrogens is 502 g/mol. The number of nitro groups is 1. The molecule has 0 saturated carbocycles. The second-order valence-corrected chi connectivity index (χ2v) is 9.21. The van der Waals surface area contributed by atoms with E-state index in [9.17, 15) is 33.7 Å². The first-order valence-electron chi connectivity index (χ1n) is 12.1. The zero-order valence-electron chi connectivity index (χ0n) is 20.4. The van der Waals surface area contributed by atoms with E-state index in [2.05, 4.69) is 16.4 Å². The average molecular weight is 529 g/mol. The standard InChI is InChI=1S/C25H26F2N6O5/c26-25(27)9-12-31(16-25)24(35)20(30-15-22(34)32-11-2-3-18(32)14-28)13-17-5-7-19(8-6-17)38-23-21(33(36)37)4-1-10-29-23/h1,4-8,10,18,20,30H,2-3,9,11-13,15-16H2/t18-,20-/m1/s1. The van der Waals surface area contributed by atoms with Crippen LogP contribution in [0.1, 0.15) is 24.8 Å². The lowest BCUT2D eigenvalue weighted by atomic mass is 10.0. The number of carbonyl (C=O) groups excluding carboxylic acids is 2. The van der Waals surface area contributed by atoms with E-state index in [1.54, 1.807) is 24.3 Å². The number of hydrogen-bond donors (Lipinski definition) is 1. The van der Waals surface area contributed by atoms with Gasteiger partial charge >= 0.3 is 5.69 Å². The number of carbonyl (C=O) groups is 2. The molecule has 2 aliphatic heterocycles. The zero-order valence-corrected chi connectivity index (χ0v) is 20.4. The SMILES string of the molecule is N#C[C@H]1CCCN1C(=O)CN[C@H](Cc1ccc(Oc2ncccc2[N+](=O)[O-])cc1)C(=O)N1CCC(F)(F)C1. The van der Waals surface area contributed by atoms with Gasteiger partial charge in [-0.05, 0) is 43.0 Å². The monoisotopic (exact) mass is 528 g/mol. The lowest BCUT2D eigenvalue weighted by Gasteiger charge is -2.26. The molecule has 200 valence electrons. The molecule has 2 saturated heterocycles. The summed E-state index contributed by atoms with van der Waals surface area (Å²) >= 11 is 0. The Kier molecular flexibility index (Phi) is 8.11. The van der Waals surface area contributed by atoms with Crippen LogP contribution >= 0.6 is 0 Å². The number of nitrogens with zero attached hydrogens (tertiary/aromatic N) is 5. The van der Waals surface area contributed by atoms with Crippen LogP contribution in [0.4, 0.5) is 14.5 Å². The topological polar surface area (TPSA) is 142 Å². The van der Waals surface area contributed by atoms with Crippen molar-refractivity contribution in [1.82, 2.24) is 20.1 Å². The molecule has 4 rings (SSSR count). The van der Waals surface area contributed by atoms with Gasteiger partial charge in [0.25, 0.3) is 11.8 Å². The number of pyridine rings is 1. The lowest BCUT2D eigenvalue weighted by molar-refractivity contribution is -0.386. The maximum atomic E-state index is 13.8. The van der Waals surface area contributed by atoms with Crippen molar-refractivity contribution in [2.75, 3.05) is 26.2 Å². The van der Waals surface area contributed by atoms with Gasteiger partial charge in [-0.3, -0.25) is 25.0 Å². The molecule has 0 unspecified atom stereocenters. The van der Waals surface area contributed by atoms with Crippen LogP contribution in [-0.4, -0.2) is 75.7 Å². The Bertz CT molecular complexity index is 1240. The predicted octanol–water partition coefficient (Wildman–Crippen LogP) is 2.66. The predicted molar refractivity (Wildman–Crippen MR) is 129 cm³/mol. The van der Waals surface area contributed by atoms with E-state index in [1.807, 2.05) is 0 Å². The molecule has 38 heavy (non-hydrogen) atoms. The Morgan fingerprint density at radius 2 is 2.05 bits per heavy atom. The Morgan fingerprint density at radius 1 is 1.29 bits per heavy atom. The van der Waals surface area contributed by atoms with Gasteiger partial charge in [0.15, 0.2) is 0 Å². The van der Waals surface area contributed by atoms with Crippen LogP contribution in [0, 0.1) is 21.4 Å². The van der Waals surface area contributed by atoms with E-state index in [-0.39, 0.29) is 42.7 Å². The summed E-state index contributed by atoms with van der Waals surface area (Å²) in [6.45, 7) is -0.540. The summed E-state index contributed by atoms with van der Waals surface area (Å²) in [4.78, 5) is 42.9. The van der Waals surface area contributed by atoms with Gasteiger partial charge in [-0.1, -0.05) is 12.1 Å². The van der Waals surface area contributed by atoms with Crippen LogP contribution in [0.3, 0.4) is 0 Å². The van der Waals surface area contributed by atoms with E-state index in [0.717, 1.165) is 4.90 Å². The van der Waals surface area contributed by atoms with Crippen molar-refractivity contribution >= 4 is 17.5 Å². The minimum absolute atomic E-state index is 0.0871. The molecule has 0 radical (unpaired) electrons. The third-order valence-electron chi connectivity index (χ3n) is 6.53. The molecule has 1 aromatic heterocycles. The summed E-state index contributed by atoms with van der Waals surface area (Å²) in [5.74, 6) is -3.74. The number of ether oxygens (including phenoxy) is 1. The highest BCUT2D eigenvalue weighted by Gasteiger charge is 2.42. The van der Waals surface area contributed by atoms with Gasteiger partial charge in [-0.2, -0.15) is 5.26 Å². The van der Waals surface area contributed by atoms with Gasteiger partial charge in [-0.25, -0.2) is 13.8 Å². The number of hydrogen-bond acceptors (Lipinski definition) is 8. The number of halogens is 2. The molecule has 0 aliphatic carbocycles. The molecule has 1 N–H and O–H groups in total. The Hall–Kier alpha value is -4.18. The number of amides is 2. The van der Waals surface area contributed by atoms with Gasteiger partial charge in [0.2, 0.25) is 11.8 Å². The molecular formula is C25H26F2N6O5. The van der Waals surface area contributed by atoms with E-state index < -0.39 is 41.8 Å². The quantitative estimate of drug-likeness (QED) is 0.387. The molecule has 2 fully saturated rings. The molecule has 2 aliphatic rings. The normalized spacial score (nSPS) is 19.1. The third-order valence-corrected chi connectivity index (χ3v) is 6.53. The fourth-order valence-corrected chi connectivity index (χ4v) is 4.54. The molecule has 0 spiro atoms. The van der Waals surface area contributed by atoms with Crippen LogP contribution in [-0.2, 0) is 16.0 Å². The van der Waals surface area contributed by atoms with E-state index in [0.29, 0.717) is 24.9 Å². The third kappa shape index (κ3) is 6.38. The van der Waals surface area contributed by atoms with Crippen molar-refractivity contribution in [1.29, 1.82) is 5.26 Å². The molecule has 2 atom stereocenters. The van der Waals surface area contributed by atoms with Crippen LogP contribution in [0.25, 0.3) is 0 Å². The Balaban J connectivity index is 1.45. The number of rotatable bonds is 9. The summed E-state index contributed by atoms with van der Waals surface area (Å²) in [5.41, 5.74) is 0.350. The smallest absolute Gasteiger partial charge is 0.331 e. The minimum Gasteiger partial charge on any atom is -0.434 e. The zero-order chi connectivity index (χ0) is 27.3. The highest BCUT2D eigenvalue weighted by Crippen LogP contribution is 2.29. The van der Waals surface area contributed by atoms with Gasteiger partial charge in [0.05, 0.1) is 30.1 Å². The first-order valence-corrected chi connectivity index (χ1v) is 12.1. The first-order chi connectivity index (χ1) is 18.2. The van der Waals surface area contributed by atoms with Crippen molar-refractivity contribution in [3.05, 3.63) is 58.3 Å². The summed E-state index contributed by atoms with van der Waals surface area (Å²) in [5, 5.41) is 23.3. The fourth-order valence-electron chi connectivity index (χ4n) is 4.54. The Labute approximate surface area is 217 Å². The van der Waals surface area contributed by atoms with E-state index >= 15 is 0 Å². The molecule has 3 heterocycles. The number of nitrogens with one attached hydrogen (secondary N) is 1. The number of alkyl halides is 2. The molecule has 2 amide bonds. The van der Waals surface area contributed by atoms with Crippen molar-refractivity contribution < 1.29 is 28.0 Å². The summed E-state index contributed by atoms with van der Waals surface area (Å²) in [6, 6.07) is 9.68. The minimum atomic E-state index is -2.96. The fraction of sp³-hybridized carbons (Fsp3) is 0.440. The summed E-state index contributed by atoms with van der Waals surface area (Å²) in [6.07, 6.45) is 2.34. The van der Waals surface area contributed by atoms with Crippen molar-refractivity contribution in [3.8, 4) is 17.7 Å². The van der Waals surface area contributed by atoms with Crippen molar-refractivity contribution in [2.45, 2.75) is 43.7 Å². The second kappa shape index (κ2) is 11.5. The van der Waals surface area contributed by atoms with Crippen molar-refractivity contribution in [3.63, 3.8) is 0 Å². The van der Waals surface area contributed by atoms with E-state index in [4.69, 9.17) is 4.74 Å². The maximum absolute atomic E-state index is 13.8. The van der Waals surface area contributed by atoms with Crippen LogP contribution in [0.2, 0.25) is 0 Å². The highest BCUT2D eigenvalue weighted by atomic mass is 19.3. The maximum Gasteiger partial charge on any atom is 0.331 e. The van der Waals surface area contributed by atoms with Gasteiger partial charge in [0, 0.05) is 31.8 Å². The van der Waals surface area contributed by atoms with Crippen LogP contribution in [0.15, 0.2) is 42.6 Å². The molecule has 2 aromatic rings. The molecule has 0 bridgehead atoms. The second-order valence-electron chi connectivity index (χ2n) is 9.21. The number of aromatic nitrogens is 1. The molecule has 13 heteroatoms. The van der Waals surface area contributed by atoms with Crippen LogP contribution in [0.5, 0.6) is 11.6 Å². The Morgan fingerprint density at radius 3 is 2.71 bits per heavy atom. The first kappa shape index (κ1) is 26.9. The van der Waals surface area contributed by atoms with E-state index in [1.165, 1.54) is 23.2 Å². The number of likely N-dealkylation sites (tertiary alicyclic amines) is 2. The number of nitriles is 1. The largest absolute Gasteiger partial charge is 0.434 e. The summed E-state index contributed by atoms with van der Waals surface area (Å²) in [7, 11) is 0. The van der Waals surface area contributed by atoms with Crippen LogP contribution < -0.4 is 10.1 Å².